The maximum Gasteiger partial charge on any atom is 0.123 e. The molecule has 1 atom stereocenters. The Morgan fingerprint density at radius 2 is 1.80 bits per heavy atom. The van der Waals surface area contributed by atoms with E-state index in [0.717, 1.165) is 17.1 Å². The zero-order valence-corrected chi connectivity index (χ0v) is 9.78. The van der Waals surface area contributed by atoms with Crippen LogP contribution in [0.15, 0.2) is 18.2 Å². The predicted octanol–water partition coefficient (Wildman–Crippen LogP) is 2.36. The molecule has 0 aliphatic heterocycles. The molecule has 0 saturated carbocycles. The van der Waals surface area contributed by atoms with Crippen LogP contribution in [0.25, 0.3) is 0 Å². The molecule has 1 aromatic carbocycles. The molecule has 0 heterocycles. The summed E-state index contributed by atoms with van der Waals surface area (Å²) in [5.74, 6) is 1.99. The molecule has 1 rings (SSSR count). The van der Waals surface area contributed by atoms with Crippen LogP contribution in [0, 0.1) is 5.92 Å². The molecular formula is C12H19NO2. The highest BCUT2D eigenvalue weighted by molar-refractivity contribution is 5.42. The third kappa shape index (κ3) is 2.63. The van der Waals surface area contributed by atoms with Gasteiger partial charge < -0.3 is 15.2 Å². The van der Waals surface area contributed by atoms with Crippen molar-refractivity contribution < 1.29 is 9.47 Å². The first-order chi connectivity index (χ1) is 7.10. The van der Waals surface area contributed by atoms with Crippen molar-refractivity contribution in [1.29, 1.82) is 0 Å². The quantitative estimate of drug-likeness (QED) is 0.828. The second-order valence-corrected chi connectivity index (χ2v) is 3.88. The minimum Gasteiger partial charge on any atom is -0.497 e. The average molecular weight is 209 g/mol. The monoisotopic (exact) mass is 209 g/mol. The Balaban J connectivity index is 3.11. The third-order valence-electron chi connectivity index (χ3n) is 2.51. The molecule has 3 nitrogen and oxygen atoms in total. The summed E-state index contributed by atoms with van der Waals surface area (Å²) in [5.41, 5.74) is 7.09. The van der Waals surface area contributed by atoms with Crippen LogP contribution in [0.2, 0.25) is 0 Å². The van der Waals surface area contributed by atoms with Crippen LogP contribution in [0.1, 0.15) is 25.5 Å². The second-order valence-electron chi connectivity index (χ2n) is 3.88. The van der Waals surface area contributed by atoms with E-state index in [2.05, 4.69) is 13.8 Å². The number of rotatable bonds is 4. The van der Waals surface area contributed by atoms with Crippen molar-refractivity contribution in [3.05, 3.63) is 23.8 Å². The van der Waals surface area contributed by atoms with Crippen LogP contribution < -0.4 is 15.2 Å². The number of methoxy groups -OCH3 is 2. The van der Waals surface area contributed by atoms with Gasteiger partial charge in [0.2, 0.25) is 0 Å². The zero-order valence-electron chi connectivity index (χ0n) is 9.78. The molecule has 0 aliphatic carbocycles. The van der Waals surface area contributed by atoms with Crippen molar-refractivity contribution in [3.63, 3.8) is 0 Å². The Labute approximate surface area is 91.2 Å². The maximum atomic E-state index is 6.10. The topological polar surface area (TPSA) is 44.5 Å². The molecule has 0 amide bonds. The first-order valence-electron chi connectivity index (χ1n) is 5.07. The van der Waals surface area contributed by atoms with Gasteiger partial charge in [-0.15, -0.1) is 0 Å². The van der Waals surface area contributed by atoms with Gasteiger partial charge in [-0.25, -0.2) is 0 Å². The van der Waals surface area contributed by atoms with Gasteiger partial charge in [0, 0.05) is 11.6 Å². The largest absolute Gasteiger partial charge is 0.497 e. The van der Waals surface area contributed by atoms with Crippen LogP contribution in [-0.4, -0.2) is 14.2 Å². The van der Waals surface area contributed by atoms with E-state index in [1.54, 1.807) is 14.2 Å². The highest BCUT2D eigenvalue weighted by Crippen LogP contribution is 2.31. The number of hydrogen-bond acceptors (Lipinski definition) is 3. The molecule has 1 unspecified atom stereocenters. The number of ether oxygens (including phenoxy) is 2. The Kier molecular flexibility index (Phi) is 3.97. The zero-order chi connectivity index (χ0) is 11.4. The van der Waals surface area contributed by atoms with Crippen molar-refractivity contribution in [3.8, 4) is 11.5 Å². The van der Waals surface area contributed by atoms with Gasteiger partial charge in [0.25, 0.3) is 0 Å². The summed E-state index contributed by atoms with van der Waals surface area (Å²) >= 11 is 0. The molecule has 0 spiro atoms. The maximum absolute atomic E-state index is 6.10. The van der Waals surface area contributed by atoms with Gasteiger partial charge >= 0.3 is 0 Å². The first kappa shape index (κ1) is 11.9. The van der Waals surface area contributed by atoms with Gasteiger partial charge in [0.05, 0.1) is 14.2 Å². The summed E-state index contributed by atoms with van der Waals surface area (Å²) in [6.45, 7) is 4.17. The van der Waals surface area contributed by atoms with Crippen molar-refractivity contribution in [1.82, 2.24) is 0 Å². The van der Waals surface area contributed by atoms with Crippen molar-refractivity contribution in [2.75, 3.05) is 14.2 Å². The summed E-state index contributed by atoms with van der Waals surface area (Å²) in [6.07, 6.45) is 0. The predicted molar refractivity (Wildman–Crippen MR) is 61.3 cm³/mol. The summed E-state index contributed by atoms with van der Waals surface area (Å²) in [5, 5.41) is 0. The normalized spacial score (nSPS) is 12.7. The van der Waals surface area contributed by atoms with Crippen LogP contribution in [0.4, 0.5) is 0 Å². The van der Waals surface area contributed by atoms with E-state index in [9.17, 15) is 0 Å². The minimum atomic E-state index is -0.0324. The van der Waals surface area contributed by atoms with Gasteiger partial charge in [-0.3, -0.25) is 0 Å². The SMILES string of the molecule is COc1ccc(OC)c(C(N)C(C)C)c1. The summed E-state index contributed by atoms with van der Waals surface area (Å²) in [4.78, 5) is 0. The molecule has 2 N–H and O–H groups in total. The van der Waals surface area contributed by atoms with E-state index < -0.39 is 0 Å². The number of nitrogens with two attached hydrogens (primary N) is 1. The van der Waals surface area contributed by atoms with Crippen LogP contribution in [0.5, 0.6) is 11.5 Å². The molecule has 3 heteroatoms. The van der Waals surface area contributed by atoms with Gasteiger partial charge in [0.15, 0.2) is 0 Å². The van der Waals surface area contributed by atoms with Crippen LogP contribution in [-0.2, 0) is 0 Å². The lowest BCUT2D eigenvalue weighted by Crippen LogP contribution is -2.17. The molecule has 0 saturated heterocycles. The highest BCUT2D eigenvalue weighted by Gasteiger charge is 2.16. The molecule has 0 aliphatic rings. The van der Waals surface area contributed by atoms with Gasteiger partial charge in [0.1, 0.15) is 11.5 Å². The molecule has 15 heavy (non-hydrogen) atoms. The van der Waals surface area contributed by atoms with E-state index in [1.807, 2.05) is 18.2 Å². The van der Waals surface area contributed by atoms with Gasteiger partial charge in [-0.05, 0) is 24.1 Å². The summed E-state index contributed by atoms with van der Waals surface area (Å²) < 4.78 is 10.5. The van der Waals surface area contributed by atoms with Crippen LogP contribution >= 0.6 is 0 Å². The average Bonchev–Trinajstić information content (AvgIpc) is 2.27. The van der Waals surface area contributed by atoms with Crippen molar-refractivity contribution in [2.45, 2.75) is 19.9 Å². The van der Waals surface area contributed by atoms with Gasteiger partial charge in [-0.2, -0.15) is 0 Å². The van der Waals surface area contributed by atoms with E-state index in [0.29, 0.717) is 5.92 Å². The summed E-state index contributed by atoms with van der Waals surface area (Å²) in [7, 11) is 3.30. The molecule has 0 radical (unpaired) electrons. The van der Waals surface area contributed by atoms with Gasteiger partial charge in [-0.1, -0.05) is 13.8 Å². The Hall–Kier alpha value is -1.22. The van der Waals surface area contributed by atoms with E-state index >= 15 is 0 Å². The molecule has 84 valence electrons. The van der Waals surface area contributed by atoms with Crippen molar-refractivity contribution >= 4 is 0 Å². The standard InChI is InChI=1S/C12H19NO2/c1-8(2)12(13)10-7-9(14-3)5-6-11(10)15-4/h5-8,12H,13H2,1-4H3. The van der Waals surface area contributed by atoms with Crippen LogP contribution in [0.3, 0.4) is 0 Å². The van der Waals surface area contributed by atoms with Crippen molar-refractivity contribution in [2.24, 2.45) is 11.7 Å². The molecule has 0 bridgehead atoms. The highest BCUT2D eigenvalue weighted by atomic mass is 16.5. The molecular weight excluding hydrogens is 190 g/mol. The first-order valence-corrected chi connectivity index (χ1v) is 5.07. The lowest BCUT2D eigenvalue weighted by Gasteiger charge is -2.19. The van der Waals surface area contributed by atoms with E-state index in [4.69, 9.17) is 15.2 Å². The summed E-state index contributed by atoms with van der Waals surface area (Å²) in [6, 6.07) is 5.66. The molecule has 1 aromatic rings. The van der Waals surface area contributed by atoms with E-state index in [1.165, 1.54) is 0 Å². The second kappa shape index (κ2) is 5.03. The fourth-order valence-corrected chi connectivity index (χ4v) is 1.46. The Morgan fingerprint density at radius 1 is 1.13 bits per heavy atom. The fourth-order valence-electron chi connectivity index (χ4n) is 1.46. The lowest BCUT2D eigenvalue weighted by molar-refractivity contribution is 0.387. The fraction of sp³-hybridized carbons (Fsp3) is 0.500. The van der Waals surface area contributed by atoms with E-state index in [-0.39, 0.29) is 6.04 Å². The minimum absolute atomic E-state index is 0.0324. The Morgan fingerprint density at radius 3 is 2.27 bits per heavy atom. The third-order valence-corrected chi connectivity index (χ3v) is 2.51. The number of benzene rings is 1. The Bertz CT molecular complexity index is 323. The smallest absolute Gasteiger partial charge is 0.123 e. The molecule has 0 fully saturated rings. The lowest BCUT2D eigenvalue weighted by atomic mass is 9.96. The molecule has 0 aromatic heterocycles. The number of hydrogen-bond donors (Lipinski definition) is 1.